The van der Waals surface area contributed by atoms with Crippen molar-refractivity contribution in [2.75, 3.05) is 13.1 Å². The Balaban J connectivity index is 1.42. The first-order valence-electron chi connectivity index (χ1n) is 12.3. The number of aromatic amines is 1. The molecule has 1 aromatic carbocycles. The number of H-pyrrole nitrogens is 1. The minimum Gasteiger partial charge on any atom is -0.349 e. The van der Waals surface area contributed by atoms with Crippen molar-refractivity contribution in [3.8, 4) is 0 Å². The van der Waals surface area contributed by atoms with Gasteiger partial charge < -0.3 is 14.9 Å². The average molecular weight is 435 g/mol. The normalized spacial score (nSPS) is 15.9. The van der Waals surface area contributed by atoms with Gasteiger partial charge in [-0.25, -0.2) is 9.97 Å². The van der Waals surface area contributed by atoms with Gasteiger partial charge in [0.25, 0.3) is 0 Å². The van der Waals surface area contributed by atoms with Crippen LogP contribution in [0.2, 0.25) is 0 Å². The number of hydrogen-bond acceptors (Lipinski definition) is 4. The summed E-state index contributed by atoms with van der Waals surface area (Å²) in [6.07, 6.45) is 17.8. The van der Waals surface area contributed by atoms with Crippen molar-refractivity contribution < 1.29 is 0 Å². The lowest BCUT2D eigenvalue weighted by Crippen LogP contribution is -2.34. The zero-order valence-corrected chi connectivity index (χ0v) is 19.4. The Morgan fingerprint density at radius 3 is 2.66 bits per heavy atom. The van der Waals surface area contributed by atoms with Gasteiger partial charge in [0.15, 0.2) is 0 Å². The van der Waals surface area contributed by atoms with E-state index in [1.165, 1.54) is 50.5 Å². The number of imidazole rings is 2. The quantitative estimate of drug-likeness (QED) is 0.408. The lowest BCUT2D eigenvalue weighted by Gasteiger charge is -2.31. The molecule has 0 saturated heterocycles. The standard InChI is InChI=1S/C26H38N6/c1-31-19-17-30-26(31)24(20-25-28-15-16-29-25)32(21-22-10-4-2-5-11-22)18-9-8-14-27-23-12-6-3-7-13-23/h2,4-5,10-11,15-17,19,23-24,27H,3,6-9,12-14,18,20-21H2,1H3,(H,28,29). The summed E-state index contributed by atoms with van der Waals surface area (Å²) in [5, 5.41) is 3.80. The molecule has 1 saturated carbocycles. The Morgan fingerprint density at radius 2 is 1.94 bits per heavy atom. The van der Waals surface area contributed by atoms with E-state index < -0.39 is 0 Å². The SMILES string of the molecule is Cn1ccnc1C(Cc1ncc[nH]1)N(CCCCNC1CCCCC1)Cc1ccccc1. The lowest BCUT2D eigenvalue weighted by atomic mass is 9.95. The van der Waals surface area contributed by atoms with E-state index in [1.807, 2.05) is 24.8 Å². The van der Waals surface area contributed by atoms with Gasteiger partial charge in [-0.3, -0.25) is 4.90 Å². The van der Waals surface area contributed by atoms with Crippen LogP contribution in [-0.2, 0) is 20.0 Å². The van der Waals surface area contributed by atoms with Crippen LogP contribution < -0.4 is 5.32 Å². The summed E-state index contributed by atoms with van der Waals surface area (Å²) in [6, 6.07) is 11.7. The van der Waals surface area contributed by atoms with E-state index in [-0.39, 0.29) is 6.04 Å². The number of unbranched alkanes of at least 4 members (excludes halogenated alkanes) is 1. The van der Waals surface area contributed by atoms with Crippen LogP contribution in [0.25, 0.3) is 0 Å². The van der Waals surface area contributed by atoms with Gasteiger partial charge >= 0.3 is 0 Å². The number of hydrogen-bond donors (Lipinski definition) is 2. The Morgan fingerprint density at radius 1 is 1.09 bits per heavy atom. The van der Waals surface area contributed by atoms with Gasteiger partial charge in [-0.05, 0) is 44.3 Å². The highest BCUT2D eigenvalue weighted by Gasteiger charge is 2.25. The molecule has 1 unspecified atom stereocenters. The van der Waals surface area contributed by atoms with Crippen molar-refractivity contribution in [2.24, 2.45) is 7.05 Å². The van der Waals surface area contributed by atoms with Crippen LogP contribution in [-0.4, -0.2) is 43.6 Å². The van der Waals surface area contributed by atoms with Gasteiger partial charge in [0.05, 0.1) is 6.04 Å². The molecule has 1 fully saturated rings. The second-order valence-electron chi connectivity index (χ2n) is 9.10. The van der Waals surface area contributed by atoms with Gasteiger partial charge in [-0.15, -0.1) is 0 Å². The molecule has 4 rings (SSSR count). The molecule has 0 amide bonds. The van der Waals surface area contributed by atoms with Crippen LogP contribution in [0.1, 0.15) is 68.2 Å². The highest BCUT2D eigenvalue weighted by molar-refractivity contribution is 5.15. The van der Waals surface area contributed by atoms with E-state index in [4.69, 9.17) is 4.98 Å². The largest absolute Gasteiger partial charge is 0.349 e. The molecular formula is C26H38N6. The fourth-order valence-electron chi connectivity index (χ4n) is 4.89. The second-order valence-corrected chi connectivity index (χ2v) is 9.10. The molecule has 3 aromatic rings. The molecular weight excluding hydrogens is 396 g/mol. The molecule has 0 radical (unpaired) electrons. The number of nitrogens with one attached hydrogen (secondary N) is 2. The monoisotopic (exact) mass is 434 g/mol. The third-order valence-corrected chi connectivity index (χ3v) is 6.68. The molecule has 1 atom stereocenters. The maximum Gasteiger partial charge on any atom is 0.126 e. The molecule has 172 valence electrons. The van der Waals surface area contributed by atoms with E-state index in [0.29, 0.717) is 0 Å². The molecule has 6 heteroatoms. The van der Waals surface area contributed by atoms with Crippen molar-refractivity contribution in [1.82, 2.24) is 29.7 Å². The summed E-state index contributed by atoms with van der Waals surface area (Å²) in [7, 11) is 2.09. The maximum atomic E-state index is 4.73. The fourth-order valence-corrected chi connectivity index (χ4v) is 4.89. The summed E-state index contributed by atoms with van der Waals surface area (Å²) in [6.45, 7) is 3.07. The smallest absolute Gasteiger partial charge is 0.126 e. The number of benzene rings is 1. The summed E-state index contributed by atoms with van der Waals surface area (Å²) in [5.74, 6) is 2.10. The van der Waals surface area contributed by atoms with Gasteiger partial charge in [-0.1, -0.05) is 49.6 Å². The Hall–Kier alpha value is -2.44. The molecule has 0 aliphatic heterocycles. The highest BCUT2D eigenvalue weighted by atomic mass is 15.2. The third-order valence-electron chi connectivity index (χ3n) is 6.68. The van der Waals surface area contributed by atoms with Gasteiger partial charge in [0.1, 0.15) is 11.6 Å². The average Bonchev–Trinajstić information content (AvgIpc) is 3.49. The molecule has 6 nitrogen and oxygen atoms in total. The predicted molar refractivity (Wildman–Crippen MR) is 129 cm³/mol. The van der Waals surface area contributed by atoms with Gasteiger partial charge in [0.2, 0.25) is 0 Å². The van der Waals surface area contributed by atoms with Crippen LogP contribution >= 0.6 is 0 Å². The molecule has 2 N–H and O–H groups in total. The highest BCUT2D eigenvalue weighted by Crippen LogP contribution is 2.25. The van der Waals surface area contributed by atoms with Crippen molar-refractivity contribution in [2.45, 2.75) is 70.0 Å². The van der Waals surface area contributed by atoms with E-state index in [1.54, 1.807) is 0 Å². The van der Waals surface area contributed by atoms with E-state index >= 15 is 0 Å². The molecule has 2 aromatic heterocycles. The van der Waals surface area contributed by atoms with Gasteiger partial charge in [-0.2, -0.15) is 0 Å². The second kappa shape index (κ2) is 12.0. The Kier molecular flexibility index (Phi) is 8.51. The minimum absolute atomic E-state index is 0.174. The fraction of sp³-hybridized carbons (Fsp3) is 0.538. The summed E-state index contributed by atoms with van der Waals surface area (Å²) < 4.78 is 2.15. The third kappa shape index (κ3) is 6.53. The van der Waals surface area contributed by atoms with Crippen LogP contribution in [0.15, 0.2) is 55.1 Å². The minimum atomic E-state index is 0.174. The van der Waals surface area contributed by atoms with Crippen LogP contribution in [0.3, 0.4) is 0 Å². The topological polar surface area (TPSA) is 61.8 Å². The molecule has 0 spiro atoms. The van der Waals surface area contributed by atoms with E-state index in [0.717, 1.165) is 43.7 Å². The zero-order valence-electron chi connectivity index (χ0n) is 19.4. The predicted octanol–water partition coefficient (Wildman–Crippen LogP) is 4.63. The molecule has 2 heterocycles. The molecule has 1 aliphatic rings. The zero-order chi connectivity index (χ0) is 22.0. The first-order valence-corrected chi connectivity index (χ1v) is 12.3. The maximum absolute atomic E-state index is 4.73. The van der Waals surface area contributed by atoms with Crippen LogP contribution in [0.4, 0.5) is 0 Å². The number of nitrogens with zero attached hydrogens (tertiary/aromatic N) is 4. The summed E-state index contributed by atoms with van der Waals surface area (Å²) in [5.41, 5.74) is 1.34. The first-order chi connectivity index (χ1) is 15.8. The van der Waals surface area contributed by atoms with Crippen molar-refractivity contribution >= 4 is 0 Å². The molecule has 32 heavy (non-hydrogen) atoms. The number of aryl methyl sites for hydroxylation is 1. The van der Waals surface area contributed by atoms with Gasteiger partial charge in [0, 0.05) is 50.8 Å². The Labute approximate surface area is 192 Å². The Bertz CT molecular complexity index is 882. The van der Waals surface area contributed by atoms with E-state index in [2.05, 4.69) is 62.1 Å². The van der Waals surface area contributed by atoms with Crippen LogP contribution in [0.5, 0.6) is 0 Å². The van der Waals surface area contributed by atoms with Crippen molar-refractivity contribution in [3.63, 3.8) is 0 Å². The van der Waals surface area contributed by atoms with E-state index in [9.17, 15) is 0 Å². The summed E-state index contributed by atoms with van der Waals surface area (Å²) >= 11 is 0. The molecule has 0 bridgehead atoms. The van der Waals surface area contributed by atoms with Crippen molar-refractivity contribution in [1.29, 1.82) is 0 Å². The molecule has 1 aliphatic carbocycles. The first kappa shape index (κ1) is 22.7. The lowest BCUT2D eigenvalue weighted by molar-refractivity contribution is 0.170. The summed E-state index contributed by atoms with van der Waals surface area (Å²) in [4.78, 5) is 15.1. The number of aromatic nitrogens is 4. The number of rotatable bonds is 12. The van der Waals surface area contributed by atoms with Crippen molar-refractivity contribution in [3.05, 3.63) is 72.3 Å². The van der Waals surface area contributed by atoms with Crippen LogP contribution in [0, 0.1) is 0 Å².